The molecule has 1 saturated heterocycles. The van der Waals surface area contributed by atoms with Crippen molar-refractivity contribution in [3.05, 3.63) is 24.3 Å². The van der Waals surface area contributed by atoms with Gasteiger partial charge in [0, 0.05) is 19.4 Å². The van der Waals surface area contributed by atoms with Crippen molar-refractivity contribution >= 4 is 16.9 Å². The number of fused-ring (bicyclic) bond motifs is 1. The van der Waals surface area contributed by atoms with Crippen LogP contribution in [0.2, 0.25) is 0 Å². The molecule has 0 spiro atoms. The number of rotatable bonds is 3. The molecule has 0 aliphatic carbocycles. The van der Waals surface area contributed by atoms with Crippen LogP contribution in [0, 0.1) is 5.92 Å². The maximum absolute atomic E-state index is 11.8. The van der Waals surface area contributed by atoms with Crippen molar-refractivity contribution in [3.63, 3.8) is 0 Å². The Hall–Kier alpha value is -1.88. The van der Waals surface area contributed by atoms with Crippen molar-refractivity contribution in [3.8, 4) is 6.01 Å². The fourth-order valence-corrected chi connectivity index (χ4v) is 2.66. The molecule has 1 atom stereocenters. The molecule has 20 heavy (non-hydrogen) atoms. The smallest absolute Gasteiger partial charge is 0.304 e. The third-order valence-electron chi connectivity index (χ3n) is 3.69. The second-order valence-corrected chi connectivity index (χ2v) is 5.26. The second-order valence-electron chi connectivity index (χ2n) is 5.26. The minimum Gasteiger partial charge on any atom is -0.464 e. The number of piperidine rings is 1. The zero-order chi connectivity index (χ0) is 13.9. The van der Waals surface area contributed by atoms with E-state index < -0.39 is 0 Å². The third kappa shape index (κ3) is 2.54. The van der Waals surface area contributed by atoms with Crippen LogP contribution < -0.4 is 10.1 Å². The predicted molar refractivity (Wildman–Crippen MR) is 77.1 cm³/mol. The first-order chi connectivity index (χ1) is 9.75. The standard InChI is InChI=1S/C15H19N3O2/c1-11(19)18-14-7-3-2-6-13(14)17-15(18)20-10-12-5-4-8-16-9-12/h2-3,6-7,12,16H,4-5,8-10H2,1H3. The summed E-state index contributed by atoms with van der Waals surface area (Å²) in [5.41, 5.74) is 1.59. The Bertz CT molecular complexity index is 615. The van der Waals surface area contributed by atoms with E-state index in [1.54, 1.807) is 4.57 Å². The molecule has 0 amide bonds. The molecule has 1 fully saturated rings. The van der Waals surface area contributed by atoms with E-state index in [-0.39, 0.29) is 5.91 Å². The Morgan fingerprint density at radius 1 is 1.50 bits per heavy atom. The number of para-hydroxylation sites is 2. The zero-order valence-corrected chi connectivity index (χ0v) is 11.6. The molecule has 3 rings (SSSR count). The molecule has 0 saturated carbocycles. The molecular formula is C15H19N3O2. The number of carbonyl (C=O) groups excluding carboxylic acids is 1. The van der Waals surface area contributed by atoms with Gasteiger partial charge in [0.25, 0.3) is 0 Å². The summed E-state index contributed by atoms with van der Waals surface area (Å²) in [6.45, 7) is 4.19. The van der Waals surface area contributed by atoms with Gasteiger partial charge in [-0.1, -0.05) is 12.1 Å². The molecule has 5 nitrogen and oxygen atoms in total. The van der Waals surface area contributed by atoms with E-state index in [1.807, 2.05) is 24.3 Å². The van der Waals surface area contributed by atoms with E-state index in [0.29, 0.717) is 18.5 Å². The minimum atomic E-state index is -0.0736. The maximum atomic E-state index is 11.8. The molecule has 0 bridgehead atoms. The maximum Gasteiger partial charge on any atom is 0.304 e. The van der Waals surface area contributed by atoms with Crippen molar-refractivity contribution in [2.75, 3.05) is 19.7 Å². The average molecular weight is 273 g/mol. The molecule has 2 heterocycles. The van der Waals surface area contributed by atoms with Gasteiger partial charge in [-0.2, -0.15) is 4.98 Å². The summed E-state index contributed by atoms with van der Waals surface area (Å²) in [4.78, 5) is 16.2. The first-order valence-electron chi connectivity index (χ1n) is 7.07. The van der Waals surface area contributed by atoms with E-state index in [1.165, 1.54) is 13.3 Å². The molecule has 1 aliphatic heterocycles. The number of ether oxygens (including phenoxy) is 1. The van der Waals surface area contributed by atoms with Crippen LogP contribution in [0.15, 0.2) is 24.3 Å². The van der Waals surface area contributed by atoms with Gasteiger partial charge in [0.05, 0.1) is 17.6 Å². The highest BCUT2D eigenvalue weighted by Gasteiger charge is 2.18. The lowest BCUT2D eigenvalue weighted by Crippen LogP contribution is -2.33. The lowest BCUT2D eigenvalue weighted by atomic mass is 10.0. The van der Waals surface area contributed by atoms with Crippen LogP contribution in [0.5, 0.6) is 6.01 Å². The average Bonchev–Trinajstić information content (AvgIpc) is 2.84. The largest absolute Gasteiger partial charge is 0.464 e. The molecule has 1 unspecified atom stereocenters. The van der Waals surface area contributed by atoms with Crippen LogP contribution in [0.1, 0.15) is 24.6 Å². The Balaban J connectivity index is 1.82. The fraction of sp³-hybridized carbons (Fsp3) is 0.467. The van der Waals surface area contributed by atoms with E-state index in [2.05, 4.69) is 10.3 Å². The van der Waals surface area contributed by atoms with Gasteiger partial charge < -0.3 is 10.1 Å². The van der Waals surface area contributed by atoms with E-state index >= 15 is 0 Å². The van der Waals surface area contributed by atoms with Gasteiger partial charge >= 0.3 is 6.01 Å². The van der Waals surface area contributed by atoms with Gasteiger partial charge in [0.15, 0.2) is 0 Å². The summed E-state index contributed by atoms with van der Waals surface area (Å²) in [5.74, 6) is 0.416. The minimum absolute atomic E-state index is 0.0736. The van der Waals surface area contributed by atoms with Crippen LogP contribution >= 0.6 is 0 Å². The van der Waals surface area contributed by atoms with E-state index in [4.69, 9.17) is 4.74 Å². The molecule has 1 aliphatic rings. The van der Waals surface area contributed by atoms with Gasteiger partial charge in [-0.25, -0.2) is 4.57 Å². The van der Waals surface area contributed by atoms with Crippen LogP contribution in [-0.2, 0) is 0 Å². The highest BCUT2D eigenvalue weighted by Crippen LogP contribution is 2.22. The number of imidazole rings is 1. The van der Waals surface area contributed by atoms with Gasteiger partial charge in [-0.3, -0.25) is 4.79 Å². The summed E-state index contributed by atoms with van der Waals surface area (Å²) >= 11 is 0. The molecule has 1 aromatic carbocycles. The van der Waals surface area contributed by atoms with Crippen molar-refractivity contribution in [1.82, 2.24) is 14.9 Å². The van der Waals surface area contributed by atoms with Crippen LogP contribution in [0.4, 0.5) is 0 Å². The van der Waals surface area contributed by atoms with E-state index in [9.17, 15) is 4.79 Å². The van der Waals surface area contributed by atoms with Gasteiger partial charge in [-0.15, -0.1) is 0 Å². The third-order valence-corrected chi connectivity index (χ3v) is 3.69. The number of nitrogens with one attached hydrogen (secondary N) is 1. The van der Waals surface area contributed by atoms with Crippen molar-refractivity contribution in [1.29, 1.82) is 0 Å². The number of carbonyl (C=O) groups is 1. The Kier molecular flexibility index (Phi) is 3.69. The van der Waals surface area contributed by atoms with Crippen LogP contribution in [0.3, 0.4) is 0 Å². The number of hydrogen-bond acceptors (Lipinski definition) is 4. The Morgan fingerprint density at radius 2 is 2.35 bits per heavy atom. The van der Waals surface area contributed by atoms with E-state index in [0.717, 1.165) is 30.5 Å². The van der Waals surface area contributed by atoms with Crippen LogP contribution in [-0.4, -0.2) is 35.2 Å². The lowest BCUT2D eigenvalue weighted by Gasteiger charge is -2.22. The summed E-state index contributed by atoms with van der Waals surface area (Å²) < 4.78 is 7.36. The Morgan fingerprint density at radius 3 is 3.10 bits per heavy atom. The first kappa shape index (κ1) is 13.1. The number of nitrogens with zero attached hydrogens (tertiary/aromatic N) is 2. The highest BCUT2D eigenvalue weighted by molar-refractivity contribution is 5.90. The molecule has 0 radical (unpaired) electrons. The van der Waals surface area contributed by atoms with Gasteiger partial charge in [0.2, 0.25) is 5.91 Å². The fourth-order valence-electron chi connectivity index (χ4n) is 2.66. The summed E-state index contributed by atoms with van der Waals surface area (Å²) in [6, 6.07) is 8.00. The zero-order valence-electron chi connectivity index (χ0n) is 11.6. The topological polar surface area (TPSA) is 56.1 Å². The summed E-state index contributed by atoms with van der Waals surface area (Å²) in [7, 11) is 0. The Labute approximate surface area is 117 Å². The SMILES string of the molecule is CC(=O)n1c(OCC2CCCNC2)nc2ccccc21. The normalized spacial score (nSPS) is 19.1. The molecule has 2 aromatic rings. The predicted octanol–water partition coefficient (Wildman–Crippen LogP) is 2.07. The molecule has 1 N–H and O–H groups in total. The van der Waals surface area contributed by atoms with Crippen molar-refractivity contribution in [2.45, 2.75) is 19.8 Å². The van der Waals surface area contributed by atoms with Crippen LogP contribution in [0.25, 0.3) is 11.0 Å². The van der Waals surface area contributed by atoms with Gasteiger partial charge in [-0.05, 0) is 31.5 Å². The molecular weight excluding hydrogens is 254 g/mol. The quantitative estimate of drug-likeness (QED) is 0.930. The lowest BCUT2D eigenvalue weighted by molar-refractivity contribution is 0.0921. The molecule has 1 aromatic heterocycles. The van der Waals surface area contributed by atoms with Crippen molar-refractivity contribution in [2.24, 2.45) is 5.92 Å². The molecule has 106 valence electrons. The second kappa shape index (κ2) is 5.63. The first-order valence-corrected chi connectivity index (χ1v) is 7.07. The highest BCUT2D eigenvalue weighted by atomic mass is 16.5. The van der Waals surface area contributed by atoms with Gasteiger partial charge in [0.1, 0.15) is 0 Å². The summed E-state index contributed by atoms with van der Waals surface area (Å²) in [5, 5.41) is 3.36. The number of benzene rings is 1. The van der Waals surface area contributed by atoms with Crippen molar-refractivity contribution < 1.29 is 9.53 Å². The molecule has 5 heteroatoms. The number of hydrogen-bond donors (Lipinski definition) is 1. The number of aromatic nitrogens is 2. The monoisotopic (exact) mass is 273 g/mol. The summed E-state index contributed by atoms with van der Waals surface area (Å²) in [6.07, 6.45) is 2.34.